The highest BCUT2D eigenvalue weighted by Gasteiger charge is 2.27. The Balaban J connectivity index is 2.50. The SMILES string of the molecule is O=C([O-])[C@H](c1ccccc1)[C@H](C(=O)[O-])c1ccccc1. The minimum absolute atomic E-state index is 0.380. The lowest BCUT2D eigenvalue weighted by atomic mass is 9.81. The highest BCUT2D eigenvalue weighted by Crippen LogP contribution is 2.32. The van der Waals surface area contributed by atoms with Gasteiger partial charge in [0.2, 0.25) is 0 Å². The number of carboxylic acids is 2. The second kappa shape index (κ2) is 6.02. The van der Waals surface area contributed by atoms with Crippen LogP contribution in [0.1, 0.15) is 23.0 Å². The molecule has 4 heteroatoms. The van der Waals surface area contributed by atoms with Crippen LogP contribution in [-0.2, 0) is 9.59 Å². The molecule has 0 radical (unpaired) electrons. The average molecular weight is 268 g/mol. The number of rotatable bonds is 5. The summed E-state index contributed by atoms with van der Waals surface area (Å²) in [5.41, 5.74) is 0.760. The largest absolute Gasteiger partial charge is 0.549 e. The van der Waals surface area contributed by atoms with E-state index in [4.69, 9.17) is 0 Å². The van der Waals surface area contributed by atoms with Crippen LogP contribution in [0.4, 0.5) is 0 Å². The van der Waals surface area contributed by atoms with E-state index >= 15 is 0 Å². The standard InChI is InChI=1S/C16H14O4/c17-15(18)13(11-7-3-1-4-8-11)14(16(19)20)12-9-5-2-6-10-12/h1-10,13-14H,(H,17,18)(H,19,20)/p-2/t13-,14-/m1/s1. The highest BCUT2D eigenvalue weighted by atomic mass is 16.4. The Morgan fingerprint density at radius 3 is 1.20 bits per heavy atom. The molecule has 2 aromatic rings. The van der Waals surface area contributed by atoms with Gasteiger partial charge in [-0.05, 0) is 11.1 Å². The Morgan fingerprint density at radius 1 is 0.650 bits per heavy atom. The van der Waals surface area contributed by atoms with E-state index in [-0.39, 0.29) is 0 Å². The molecular formula is C16H12O4-2. The minimum Gasteiger partial charge on any atom is -0.549 e. The van der Waals surface area contributed by atoms with Crippen LogP contribution < -0.4 is 10.2 Å². The number of hydrogen-bond acceptors (Lipinski definition) is 4. The lowest BCUT2D eigenvalue weighted by Crippen LogP contribution is -2.41. The van der Waals surface area contributed by atoms with Crippen molar-refractivity contribution >= 4 is 11.9 Å². The van der Waals surface area contributed by atoms with Gasteiger partial charge in [0.05, 0.1) is 0 Å². The number of aliphatic carboxylic acids is 2. The van der Waals surface area contributed by atoms with Crippen LogP contribution in [0, 0.1) is 0 Å². The first-order chi connectivity index (χ1) is 9.61. The number of carboxylic acid groups (broad SMARTS) is 2. The molecule has 0 amide bonds. The molecule has 0 fully saturated rings. The van der Waals surface area contributed by atoms with Gasteiger partial charge in [-0.15, -0.1) is 0 Å². The minimum atomic E-state index is -1.44. The summed E-state index contributed by atoms with van der Waals surface area (Å²) in [6.07, 6.45) is 0. The molecule has 2 rings (SSSR count). The topological polar surface area (TPSA) is 80.3 Å². The van der Waals surface area contributed by atoms with Crippen LogP contribution in [0.5, 0.6) is 0 Å². The summed E-state index contributed by atoms with van der Waals surface area (Å²) in [6.45, 7) is 0. The van der Waals surface area contributed by atoms with Gasteiger partial charge in [-0.2, -0.15) is 0 Å². The van der Waals surface area contributed by atoms with Crippen LogP contribution in [0.2, 0.25) is 0 Å². The van der Waals surface area contributed by atoms with Crippen LogP contribution >= 0.6 is 0 Å². The molecule has 0 saturated heterocycles. The second-order valence-electron chi connectivity index (χ2n) is 4.41. The van der Waals surface area contributed by atoms with E-state index in [1.54, 1.807) is 60.7 Å². The third-order valence-electron chi connectivity index (χ3n) is 3.16. The van der Waals surface area contributed by atoms with Gasteiger partial charge in [0, 0.05) is 23.8 Å². The van der Waals surface area contributed by atoms with E-state index in [1.165, 1.54) is 0 Å². The maximum atomic E-state index is 11.4. The van der Waals surface area contributed by atoms with Crippen LogP contribution in [0.15, 0.2) is 60.7 Å². The van der Waals surface area contributed by atoms with Gasteiger partial charge in [-0.3, -0.25) is 0 Å². The normalized spacial score (nSPS) is 13.4. The second-order valence-corrected chi connectivity index (χ2v) is 4.41. The van der Waals surface area contributed by atoms with Gasteiger partial charge in [-0.25, -0.2) is 0 Å². The van der Waals surface area contributed by atoms with Crippen molar-refractivity contribution in [2.45, 2.75) is 11.8 Å². The summed E-state index contributed by atoms with van der Waals surface area (Å²) in [5, 5.41) is 22.8. The van der Waals surface area contributed by atoms with E-state index < -0.39 is 23.8 Å². The maximum absolute atomic E-state index is 11.4. The predicted octanol–water partition coefficient (Wildman–Crippen LogP) is 0.0538. The molecule has 0 heterocycles. The molecule has 0 bridgehead atoms. The van der Waals surface area contributed by atoms with Crippen LogP contribution in [0.25, 0.3) is 0 Å². The Morgan fingerprint density at radius 2 is 0.950 bits per heavy atom. The quantitative estimate of drug-likeness (QED) is 0.767. The Bertz CT molecular complexity index is 537. The third-order valence-corrected chi connectivity index (χ3v) is 3.16. The molecule has 20 heavy (non-hydrogen) atoms. The summed E-state index contributed by atoms with van der Waals surface area (Å²) in [7, 11) is 0. The lowest BCUT2D eigenvalue weighted by Gasteiger charge is -2.29. The Labute approximate surface area is 116 Å². The first-order valence-corrected chi connectivity index (χ1v) is 6.13. The average Bonchev–Trinajstić information content (AvgIpc) is 2.45. The van der Waals surface area contributed by atoms with Gasteiger partial charge < -0.3 is 19.8 Å². The van der Waals surface area contributed by atoms with E-state index in [0.29, 0.717) is 11.1 Å². The molecule has 0 aliphatic carbocycles. The van der Waals surface area contributed by atoms with Crippen molar-refractivity contribution in [2.24, 2.45) is 0 Å². The summed E-state index contributed by atoms with van der Waals surface area (Å²) in [5.74, 6) is -5.45. The van der Waals surface area contributed by atoms with Gasteiger partial charge in [0.15, 0.2) is 0 Å². The van der Waals surface area contributed by atoms with E-state index in [1.807, 2.05) is 0 Å². The molecule has 0 unspecified atom stereocenters. The Kier molecular flexibility index (Phi) is 4.15. The molecule has 0 aliphatic rings. The van der Waals surface area contributed by atoms with E-state index in [0.717, 1.165) is 0 Å². The van der Waals surface area contributed by atoms with Gasteiger partial charge in [0.25, 0.3) is 0 Å². The predicted molar refractivity (Wildman–Crippen MR) is 68.4 cm³/mol. The van der Waals surface area contributed by atoms with Gasteiger partial charge in [0.1, 0.15) is 0 Å². The lowest BCUT2D eigenvalue weighted by molar-refractivity contribution is -0.319. The molecule has 2 aromatic carbocycles. The third kappa shape index (κ3) is 2.85. The zero-order valence-electron chi connectivity index (χ0n) is 10.6. The first-order valence-electron chi connectivity index (χ1n) is 6.13. The van der Waals surface area contributed by atoms with Crippen molar-refractivity contribution < 1.29 is 19.8 Å². The molecule has 0 spiro atoms. The van der Waals surface area contributed by atoms with Crippen molar-refractivity contribution in [3.05, 3.63) is 71.8 Å². The molecular weight excluding hydrogens is 256 g/mol. The number of benzene rings is 2. The fraction of sp³-hybridized carbons (Fsp3) is 0.125. The van der Waals surface area contributed by atoms with Crippen molar-refractivity contribution in [3.63, 3.8) is 0 Å². The first kappa shape index (κ1) is 13.8. The zero-order valence-corrected chi connectivity index (χ0v) is 10.6. The number of carbonyl (C=O) groups is 2. The van der Waals surface area contributed by atoms with Crippen LogP contribution in [-0.4, -0.2) is 11.9 Å². The number of hydrogen-bond donors (Lipinski definition) is 0. The zero-order chi connectivity index (χ0) is 14.5. The monoisotopic (exact) mass is 268 g/mol. The smallest absolute Gasteiger partial charge is 0.0499 e. The molecule has 0 aromatic heterocycles. The molecule has 102 valence electrons. The van der Waals surface area contributed by atoms with Crippen LogP contribution in [0.3, 0.4) is 0 Å². The van der Waals surface area contributed by atoms with Gasteiger partial charge in [-0.1, -0.05) is 60.7 Å². The summed E-state index contributed by atoms with van der Waals surface area (Å²) in [6, 6.07) is 16.4. The number of carbonyl (C=O) groups excluding carboxylic acids is 2. The Hall–Kier alpha value is -2.62. The summed E-state index contributed by atoms with van der Waals surface area (Å²) < 4.78 is 0. The van der Waals surface area contributed by atoms with Gasteiger partial charge >= 0.3 is 0 Å². The van der Waals surface area contributed by atoms with Crippen molar-refractivity contribution in [2.75, 3.05) is 0 Å². The van der Waals surface area contributed by atoms with Crippen molar-refractivity contribution in [3.8, 4) is 0 Å². The van der Waals surface area contributed by atoms with Crippen molar-refractivity contribution in [1.82, 2.24) is 0 Å². The van der Waals surface area contributed by atoms with Crippen molar-refractivity contribution in [1.29, 1.82) is 0 Å². The highest BCUT2D eigenvalue weighted by molar-refractivity contribution is 5.86. The fourth-order valence-electron chi connectivity index (χ4n) is 2.25. The molecule has 0 N–H and O–H groups in total. The molecule has 0 saturated carbocycles. The molecule has 2 atom stereocenters. The molecule has 0 aliphatic heterocycles. The fourth-order valence-corrected chi connectivity index (χ4v) is 2.25. The van der Waals surface area contributed by atoms with E-state index in [2.05, 4.69) is 0 Å². The maximum Gasteiger partial charge on any atom is 0.0499 e. The van der Waals surface area contributed by atoms with E-state index in [9.17, 15) is 19.8 Å². The molecule has 4 nitrogen and oxygen atoms in total. The summed E-state index contributed by atoms with van der Waals surface area (Å²) >= 11 is 0. The summed E-state index contributed by atoms with van der Waals surface area (Å²) in [4.78, 5) is 22.8.